The average Bonchev–Trinajstić information content (AvgIpc) is 2.89. The monoisotopic (exact) mass is 371 g/mol. The van der Waals surface area contributed by atoms with E-state index < -0.39 is 9.84 Å². The lowest BCUT2D eigenvalue weighted by atomic mass is 10.2. The van der Waals surface area contributed by atoms with Gasteiger partial charge in [-0.2, -0.15) is 0 Å². The van der Waals surface area contributed by atoms with Gasteiger partial charge >= 0.3 is 6.03 Å². The maximum atomic E-state index is 12.3. The minimum atomic E-state index is -2.98. The number of aryl methyl sites for hydroxylation is 1. The topological polar surface area (TPSA) is 69.7 Å². The van der Waals surface area contributed by atoms with Crippen molar-refractivity contribution in [1.29, 1.82) is 0 Å². The molecule has 1 N–H and O–H groups in total. The summed E-state index contributed by atoms with van der Waals surface area (Å²) in [6, 6.07) is 5.57. The van der Waals surface area contributed by atoms with E-state index >= 15 is 0 Å². The minimum absolute atomic E-state index is 0.0561. The van der Waals surface area contributed by atoms with E-state index in [1.165, 1.54) is 0 Å². The number of hydrogen-bond acceptors (Lipinski definition) is 4. The highest BCUT2D eigenvalue weighted by molar-refractivity contribution is 7.91. The Morgan fingerprint density at radius 2 is 1.96 bits per heavy atom. The quantitative estimate of drug-likeness (QED) is 0.858. The summed E-state index contributed by atoms with van der Waals surface area (Å²) in [4.78, 5) is 16.2. The maximum absolute atomic E-state index is 12.3. The molecule has 0 aliphatic carbocycles. The van der Waals surface area contributed by atoms with Gasteiger partial charge in [-0.25, -0.2) is 13.2 Å². The Labute approximate surface area is 147 Å². The lowest BCUT2D eigenvalue weighted by molar-refractivity contribution is 0.191. The van der Waals surface area contributed by atoms with Crippen molar-refractivity contribution in [3.63, 3.8) is 0 Å². The number of halogens is 1. The predicted molar refractivity (Wildman–Crippen MR) is 95.6 cm³/mol. The van der Waals surface area contributed by atoms with Crippen LogP contribution >= 0.6 is 11.6 Å². The number of hydrogen-bond donors (Lipinski definition) is 1. The SMILES string of the molecule is Cc1ccc(N2CCN(C(=O)NC3CCS(=O)(=O)C3)CC2)cc1Cl. The molecular weight excluding hydrogens is 350 g/mol. The summed E-state index contributed by atoms with van der Waals surface area (Å²) in [6.07, 6.45) is 0.510. The summed E-state index contributed by atoms with van der Waals surface area (Å²) in [5.74, 6) is 0.223. The average molecular weight is 372 g/mol. The normalized spacial score (nSPS) is 23.3. The number of rotatable bonds is 2. The van der Waals surface area contributed by atoms with Crippen LogP contribution in [0.4, 0.5) is 10.5 Å². The summed E-state index contributed by atoms with van der Waals surface area (Å²) in [7, 11) is -2.98. The number of nitrogens with one attached hydrogen (secondary N) is 1. The maximum Gasteiger partial charge on any atom is 0.317 e. The van der Waals surface area contributed by atoms with Crippen molar-refractivity contribution in [2.24, 2.45) is 0 Å². The van der Waals surface area contributed by atoms with Gasteiger partial charge in [0.1, 0.15) is 0 Å². The van der Waals surface area contributed by atoms with E-state index in [-0.39, 0.29) is 23.6 Å². The number of anilines is 1. The van der Waals surface area contributed by atoms with Gasteiger partial charge in [-0.1, -0.05) is 17.7 Å². The van der Waals surface area contributed by atoms with E-state index in [4.69, 9.17) is 11.6 Å². The van der Waals surface area contributed by atoms with Crippen molar-refractivity contribution in [2.75, 3.05) is 42.6 Å². The molecule has 2 aliphatic rings. The number of benzene rings is 1. The highest BCUT2D eigenvalue weighted by Gasteiger charge is 2.31. The zero-order chi connectivity index (χ0) is 17.3. The van der Waals surface area contributed by atoms with Gasteiger partial charge in [0.05, 0.1) is 11.5 Å². The molecule has 3 rings (SSSR count). The van der Waals surface area contributed by atoms with E-state index in [1.54, 1.807) is 4.90 Å². The summed E-state index contributed by atoms with van der Waals surface area (Å²) in [5, 5.41) is 3.59. The molecular formula is C16H22ClN3O3S. The number of nitrogens with zero attached hydrogens (tertiary/aromatic N) is 2. The Morgan fingerprint density at radius 1 is 1.25 bits per heavy atom. The molecule has 1 unspecified atom stereocenters. The Kier molecular flexibility index (Phi) is 4.92. The van der Waals surface area contributed by atoms with E-state index in [0.29, 0.717) is 19.5 Å². The van der Waals surface area contributed by atoms with Gasteiger partial charge in [0.15, 0.2) is 9.84 Å². The molecule has 0 aromatic heterocycles. The predicted octanol–water partition coefficient (Wildman–Crippen LogP) is 1.67. The highest BCUT2D eigenvalue weighted by Crippen LogP contribution is 2.24. The number of sulfone groups is 1. The second-order valence-electron chi connectivity index (χ2n) is 6.46. The molecule has 0 radical (unpaired) electrons. The van der Waals surface area contributed by atoms with Gasteiger partial charge in [-0.3, -0.25) is 0 Å². The summed E-state index contributed by atoms with van der Waals surface area (Å²) < 4.78 is 22.9. The third-order valence-corrected chi connectivity index (χ3v) is 6.82. The van der Waals surface area contributed by atoms with Crippen molar-refractivity contribution in [2.45, 2.75) is 19.4 Å². The standard InChI is InChI=1S/C16H22ClN3O3S/c1-12-2-3-14(10-15(12)17)19-5-7-20(8-6-19)16(21)18-13-4-9-24(22,23)11-13/h2-3,10,13H,4-9,11H2,1H3,(H,18,21). The molecule has 0 bridgehead atoms. The first-order chi connectivity index (χ1) is 11.3. The molecule has 8 heteroatoms. The number of amides is 2. The van der Waals surface area contributed by atoms with Crippen LogP contribution in [0.5, 0.6) is 0 Å². The molecule has 24 heavy (non-hydrogen) atoms. The van der Waals surface area contributed by atoms with E-state index in [0.717, 1.165) is 29.4 Å². The lowest BCUT2D eigenvalue weighted by Crippen LogP contribution is -2.53. The molecule has 1 aromatic rings. The zero-order valence-electron chi connectivity index (χ0n) is 13.7. The Balaban J connectivity index is 1.53. The number of urea groups is 1. The van der Waals surface area contributed by atoms with E-state index in [9.17, 15) is 13.2 Å². The molecule has 1 atom stereocenters. The number of carbonyl (C=O) groups is 1. The smallest absolute Gasteiger partial charge is 0.317 e. The summed E-state index contributed by atoms with van der Waals surface area (Å²) in [6.45, 7) is 4.65. The molecule has 0 spiro atoms. The second-order valence-corrected chi connectivity index (χ2v) is 9.09. The van der Waals surface area contributed by atoms with Gasteiger partial charge < -0.3 is 15.1 Å². The van der Waals surface area contributed by atoms with E-state index in [1.807, 2.05) is 25.1 Å². The van der Waals surface area contributed by atoms with Crippen molar-refractivity contribution < 1.29 is 13.2 Å². The Morgan fingerprint density at radius 3 is 2.54 bits per heavy atom. The molecule has 132 valence electrons. The van der Waals surface area contributed by atoms with Crippen LogP contribution in [0.3, 0.4) is 0 Å². The van der Waals surface area contributed by atoms with Gasteiger partial charge in [-0.05, 0) is 31.0 Å². The van der Waals surface area contributed by atoms with Crippen molar-refractivity contribution in [3.8, 4) is 0 Å². The van der Waals surface area contributed by atoms with Crippen LogP contribution < -0.4 is 10.2 Å². The molecule has 2 amide bonds. The molecule has 2 saturated heterocycles. The van der Waals surface area contributed by atoms with Crippen LogP contribution in [-0.4, -0.2) is 63.1 Å². The minimum Gasteiger partial charge on any atom is -0.368 e. The lowest BCUT2D eigenvalue weighted by Gasteiger charge is -2.36. The number of piperazine rings is 1. The third-order valence-electron chi connectivity index (χ3n) is 4.65. The van der Waals surface area contributed by atoms with Crippen LogP contribution in [0, 0.1) is 6.92 Å². The molecule has 2 heterocycles. The highest BCUT2D eigenvalue weighted by atomic mass is 35.5. The largest absolute Gasteiger partial charge is 0.368 e. The first-order valence-electron chi connectivity index (χ1n) is 8.11. The fourth-order valence-electron chi connectivity index (χ4n) is 3.12. The van der Waals surface area contributed by atoms with Gasteiger partial charge in [0, 0.05) is 42.9 Å². The molecule has 2 fully saturated rings. The first kappa shape index (κ1) is 17.4. The third kappa shape index (κ3) is 3.95. The van der Waals surface area contributed by atoms with Gasteiger partial charge in [0.2, 0.25) is 0 Å². The van der Waals surface area contributed by atoms with Crippen LogP contribution in [0.1, 0.15) is 12.0 Å². The molecule has 1 aromatic carbocycles. The Hall–Kier alpha value is -1.47. The Bertz CT molecular complexity index is 730. The van der Waals surface area contributed by atoms with Crippen LogP contribution in [0.15, 0.2) is 18.2 Å². The van der Waals surface area contributed by atoms with Crippen LogP contribution in [0.25, 0.3) is 0 Å². The summed E-state index contributed by atoms with van der Waals surface area (Å²) in [5.41, 5.74) is 2.11. The fourth-order valence-corrected chi connectivity index (χ4v) is 4.97. The van der Waals surface area contributed by atoms with Crippen molar-refractivity contribution >= 4 is 33.2 Å². The molecule has 0 saturated carbocycles. The van der Waals surface area contributed by atoms with E-state index in [2.05, 4.69) is 10.2 Å². The van der Waals surface area contributed by atoms with Gasteiger partial charge in [-0.15, -0.1) is 0 Å². The van der Waals surface area contributed by atoms with Crippen LogP contribution in [-0.2, 0) is 9.84 Å². The van der Waals surface area contributed by atoms with Crippen molar-refractivity contribution in [3.05, 3.63) is 28.8 Å². The van der Waals surface area contributed by atoms with Crippen molar-refractivity contribution in [1.82, 2.24) is 10.2 Å². The molecule has 2 aliphatic heterocycles. The second kappa shape index (κ2) is 6.80. The first-order valence-corrected chi connectivity index (χ1v) is 10.3. The number of carbonyl (C=O) groups excluding carboxylic acids is 1. The van der Waals surface area contributed by atoms with Gasteiger partial charge in [0.25, 0.3) is 0 Å². The molecule has 6 nitrogen and oxygen atoms in total. The zero-order valence-corrected chi connectivity index (χ0v) is 15.2. The summed E-state index contributed by atoms with van der Waals surface area (Å²) >= 11 is 6.18. The van der Waals surface area contributed by atoms with Crippen LogP contribution in [0.2, 0.25) is 5.02 Å². The fraction of sp³-hybridized carbons (Fsp3) is 0.562.